The summed E-state index contributed by atoms with van der Waals surface area (Å²) in [4.78, 5) is 24.6. The first-order chi connectivity index (χ1) is 9.60. The fraction of sp³-hybridized carbons (Fsp3) is 0.385. The summed E-state index contributed by atoms with van der Waals surface area (Å²) in [7, 11) is 0. The molecule has 0 unspecified atom stereocenters. The summed E-state index contributed by atoms with van der Waals surface area (Å²) in [6, 6.07) is 6.98. The van der Waals surface area contributed by atoms with Gasteiger partial charge in [0.2, 0.25) is 0 Å². The normalized spacial score (nSPS) is 10.2. The molecule has 0 heterocycles. The second kappa shape index (κ2) is 8.52. The molecule has 0 spiro atoms. The number of halogens is 1. The number of benzene rings is 1. The molecule has 1 aromatic carbocycles. The third-order valence-corrected chi connectivity index (χ3v) is 2.99. The number of carbonyl (C=O) groups is 2. The van der Waals surface area contributed by atoms with Gasteiger partial charge in [-0.15, -0.1) is 0 Å². The minimum atomic E-state index is -0.799. The molecule has 0 atom stereocenters. The van der Waals surface area contributed by atoms with Crippen molar-refractivity contribution in [1.29, 1.82) is 0 Å². The number of amides is 2. The Morgan fingerprint density at radius 3 is 2.30 bits per heavy atom. The molecule has 20 heavy (non-hydrogen) atoms. The Hall–Kier alpha value is -1.63. The summed E-state index contributed by atoms with van der Waals surface area (Å²) in [5.41, 5.74) is 0.700. The van der Waals surface area contributed by atoms with Crippen LogP contribution in [0, 0.1) is 0 Å². The zero-order chi connectivity index (χ0) is 15.0. The van der Waals surface area contributed by atoms with Gasteiger partial charge >= 0.3 is 11.8 Å². The smallest absolute Gasteiger partial charge is 0.312 e. The third-order valence-electron chi connectivity index (χ3n) is 2.62. The molecule has 7 heteroatoms. The highest BCUT2D eigenvalue weighted by molar-refractivity contribution is 6.35. The molecule has 1 aromatic rings. The SMILES string of the molecule is O=C(NCc1ccccc1Cl)C(=O)N(CCO)CCO. The van der Waals surface area contributed by atoms with Crippen LogP contribution in [0.25, 0.3) is 0 Å². The van der Waals surface area contributed by atoms with Crippen molar-refractivity contribution in [1.82, 2.24) is 10.2 Å². The van der Waals surface area contributed by atoms with Crippen molar-refractivity contribution in [3.8, 4) is 0 Å². The van der Waals surface area contributed by atoms with E-state index >= 15 is 0 Å². The van der Waals surface area contributed by atoms with Gasteiger partial charge in [-0.05, 0) is 11.6 Å². The summed E-state index contributed by atoms with van der Waals surface area (Å²) in [5, 5.41) is 20.6. The van der Waals surface area contributed by atoms with E-state index in [2.05, 4.69) is 5.32 Å². The Balaban J connectivity index is 2.57. The lowest BCUT2D eigenvalue weighted by molar-refractivity contribution is -0.146. The van der Waals surface area contributed by atoms with E-state index in [1.807, 2.05) is 0 Å². The molecule has 0 aliphatic heterocycles. The van der Waals surface area contributed by atoms with Gasteiger partial charge in [0.05, 0.1) is 13.2 Å². The summed E-state index contributed by atoms with van der Waals surface area (Å²) < 4.78 is 0. The van der Waals surface area contributed by atoms with E-state index in [4.69, 9.17) is 21.8 Å². The quantitative estimate of drug-likeness (QED) is 0.633. The highest BCUT2D eigenvalue weighted by Crippen LogP contribution is 2.14. The summed E-state index contributed by atoms with van der Waals surface area (Å²) in [6.07, 6.45) is 0. The zero-order valence-corrected chi connectivity index (χ0v) is 11.6. The lowest BCUT2D eigenvalue weighted by Crippen LogP contribution is -2.45. The standard InChI is InChI=1S/C13H17ClN2O4/c14-11-4-2-1-3-10(11)9-15-12(19)13(20)16(5-7-17)6-8-18/h1-4,17-18H,5-9H2,(H,15,19). The van der Waals surface area contributed by atoms with Crippen LogP contribution in [0.5, 0.6) is 0 Å². The van der Waals surface area contributed by atoms with Gasteiger partial charge in [0.15, 0.2) is 0 Å². The largest absolute Gasteiger partial charge is 0.395 e. The lowest BCUT2D eigenvalue weighted by atomic mass is 10.2. The van der Waals surface area contributed by atoms with E-state index < -0.39 is 11.8 Å². The number of aliphatic hydroxyl groups excluding tert-OH is 2. The Morgan fingerprint density at radius 2 is 1.75 bits per heavy atom. The Labute approximate surface area is 122 Å². The average molecular weight is 301 g/mol. The predicted octanol–water partition coefficient (Wildman–Crippen LogP) is -0.231. The Bertz CT molecular complexity index is 461. The molecular formula is C13H17ClN2O4. The Kier molecular flexibility index (Phi) is 7.00. The van der Waals surface area contributed by atoms with Gasteiger partial charge < -0.3 is 20.4 Å². The van der Waals surface area contributed by atoms with Crippen molar-refractivity contribution in [2.24, 2.45) is 0 Å². The Morgan fingerprint density at radius 1 is 1.15 bits per heavy atom. The maximum absolute atomic E-state index is 11.8. The van der Waals surface area contributed by atoms with Gasteiger partial charge in [-0.2, -0.15) is 0 Å². The molecule has 110 valence electrons. The molecule has 0 bridgehead atoms. The van der Waals surface area contributed by atoms with Crippen molar-refractivity contribution >= 4 is 23.4 Å². The molecular weight excluding hydrogens is 284 g/mol. The van der Waals surface area contributed by atoms with Crippen LogP contribution in [0.3, 0.4) is 0 Å². The highest BCUT2D eigenvalue weighted by atomic mass is 35.5. The predicted molar refractivity (Wildman–Crippen MR) is 74.1 cm³/mol. The summed E-state index contributed by atoms with van der Waals surface area (Å²) in [6.45, 7) is -0.415. The second-order valence-electron chi connectivity index (χ2n) is 4.01. The van der Waals surface area contributed by atoms with Gasteiger partial charge in [-0.3, -0.25) is 9.59 Å². The fourth-order valence-corrected chi connectivity index (χ4v) is 1.80. The van der Waals surface area contributed by atoms with Crippen LogP contribution >= 0.6 is 11.6 Å². The number of rotatable bonds is 6. The van der Waals surface area contributed by atoms with E-state index in [0.717, 1.165) is 4.90 Å². The van der Waals surface area contributed by atoms with Crippen LogP contribution in [0.4, 0.5) is 0 Å². The van der Waals surface area contributed by atoms with E-state index in [-0.39, 0.29) is 32.8 Å². The van der Waals surface area contributed by atoms with E-state index in [1.54, 1.807) is 24.3 Å². The van der Waals surface area contributed by atoms with Gasteiger partial charge in [0, 0.05) is 24.7 Å². The van der Waals surface area contributed by atoms with Crippen LogP contribution in [0.2, 0.25) is 5.02 Å². The fourth-order valence-electron chi connectivity index (χ4n) is 1.59. The number of aliphatic hydroxyl groups is 2. The van der Waals surface area contributed by atoms with Gasteiger partial charge in [-0.1, -0.05) is 29.8 Å². The van der Waals surface area contributed by atoms with Gasteiger partial charge in [-0.25, -0.2) is 0 Å². The van der Waals surface area contributed by atoms with Crippen molar-refractivity contribution in [3.05, 3.63) is 34.9 Å². The number of carbonyl (C=O) groups excluding carboxylic acids is 2. The molecule has 6 nitrogen and oxygen atoms in total. The molecule has 0 saturated heterocycles. The maximum atomic E-state index is 11.8. The molecule has 0 aromatic heterocycles. The monoisotopic (exact) mass is 300 g/mol. The minimum absolute atomic E-state index is 0.00108. The van der Waals surface area contributed by atoms with Gasteiger partial charge in [0.25, 0.3) is 0 Å². The molecule has 0 aliphatic rings. The number of nitrogens with one attached hydrogen (secondary N) is 1. The molecule has 0 saturated carbocycles. The van der Waals surface area contributed by atoms with E-state index in [0.29, 0.717) is 10.6 Å². The van der Waals surface area contributed by atoms with E-state index in [9.17, 15) is 9.59 Å². The first kappa shape index (κ1) is 16.4. The van der Waals surface area contributed by atoms with Crippen molar-refractivity contribution in [3.63, 3.8) is 0 Å². The molecule has 0 radical (unpaired) electrons. The van der Waals surface area contributed by atoms with Gasteiger partial charge in [0.1, 0.15) is 0 Å². The highest BCUT2D eigenvalue weighted by Gasteiger charge is 2.20. The number of hydrogen-bond donors (Lipinski definition) is 3. The molecule has 3 N–H and O–H groups in total. The molecule has 2 amide bonds. The first-order valence-corrected chi connectivity index (χ1v) is 6.50. The summed E-state index contributed by atoms with van der Waals surface area (Å²) >= 11 is 5.94. The van der Waals surface area contributed by atoms with Crippen LogP contribution in [0.15, 0.2) is 24.3 Å². The zero-order valence-electron chi connectivity index (χ0n) is 10.9. The van der Waals surface area contributed by atoms with Crippen molar-refractivity contribution < 1.29 is 19.8 Å². The second-order valence-corrected chi connectivity index (χ2v) is 4.42. The molecule has 0 fully saturated rings. The van der Waals surface area contributed by atoms with Crippen LogP contribution in [0.1, 0.15) is 5.56 Å². The van der Waals surface area contributed by atoms with Crippen molar-refractivity contribution in [2.75, 3.05) is 26.3 Å². The van der Waals surface area contributed by atoms with Crippen LogP contribution < -0.4 is 5.32 Å². The summed E-state index contributed by atoms with van der Waals surface area (Å²) in [5.74, 6) is -1.59. The first-order valence-electron chi connectivity index (χ1n) is 6.12. The number of hydrogen-bond acceptors (Lipinski definition) is 4. The maximum Gasteiger partial charge on any atom is 0.312 e. The lowest BCUT2D eigenvalue weighted by Gasteiger charge is -2.19. The molecule has 1 rings (SSSR count). The van der Waals surface area contributed by atoms with Crippen molar-refractivity contribution in [2.45, 2.75) is 6.54 Å². The van der Waals surface area contributed by atoms with E-state index in [1.165, 1.54) is 0 Å². The van der Waals surface area contributed by atoms with Crippen LogP contribution in [-0.4, -0.2) is 53.2 Å². The average Bonchev–Trinajstić information content (AvgIpc) is 2.45. The topological polar surface area (TPSA) is 89.9 Å². The third kappa shape index (κ3) is 4.80. The minimum Gasteiger partial charge on any atom is -0.395 e. The molecule has 0 aliphatic carbocycles. The van der Waals surface area contributed by atoms with Crippen LogP contribution in [-0.2, 0) is 16.1 Å². The number of nitrogens with zero attached hydrogens (tertiary/aromatic N) is 1.